The Balaban J connectivity index is 1.99. The van der Waals surface area contributed by atoms with Crippen LogP contribution in [0.5, 0.6) is 0 Å². The van der Waals surface area contributed by atoms with E-state index in [2.05, 4.69) is 24.8 Å². The van der Waals surface area contributed by atoms with Crippen molar-refractivity contribution in [3.8, 4) is 0 Å². The van der Waals surface area contributed by atoms with Crippen molar-refractivity contribution in [3.63, 3.8) is 0 Å². The van der Waals surface area contributed by atoms with Crippen LogP contribution >= 0.6 is 0 Å². The molecular formula is C12H21N. The molecule has 0 bridgehead atoms. The second kappa shape index (κ2) is 3.36. The van der Waals surface area contributed by atoms with Crippen molar-refractivity contribution in [3.05, 3.63) is 11.8 Å². The highest BCUT2D eigenvalue weighted by molar-refractivity contribution is 5.07. The third kappa shape index (κ3) is 2.07. The Labute approximate surface area is 81.8 Å². The zero-order valence-corrected chi connectivity index (χ0v) is 8.97. The Morgan fingerprint density at radius 1 is 1.31 bits per heavy atom. The first-order valence-electron chi connectivity index (χ1n) is 5.61. The van der Waals surface area contributed by atoms with Crippen molar-refractivity contribution in [1.29, 1.82) is 0 Å². The van der Waals surface area contributed by atoms with Gasteiger partial charge in [0.1, 0.15) is 0 Å². The van der Waals surface area contributed by atoms with E-state index in [1.165, 1.54) is 45.2 Å². The van der Waals surface area contributed by atoms with E-state index in [1.807, 2.05) is 0 Å². The van der Waals surface area contributed by atoms with Crippen molar-refractivity contribution >= 4 is 0 Å². The standard InChI is InChI=1S/C12H21N/c1-12(2)8-9-13(10-12)11-6-4-3-5-7-11/h6H,3-5,7-10H2,1-2H3. The van der Waals surface area contributed by atoms with Gasteiger partial charge in [0, 0.05) is 18.8 Å². The van der Waals surface area contributed by atoms with Crippen molar-refractivity contribution in [2.24, 2.45) is 5.41 Å². The minimum absolute atomic E-state index is 0.554. The molecule has 0 saturated carbocycles. The average molecular weight is 179 g/mol. The maximum absolute atomic E-state index is 2.61. The quantitative estimate of drug-likeness (QED) is 0.597. The Hall–Kier alpha value is -0.460. The predicted octanol–water partition coefficient (Wildman–Crippen LogP) is 3.18. The fourth-order valence-corrected chi connectivity index (χ4v) is 2.47. The summed E-state index contributed by atoms with van der Waals surface area (Å²) in [7, 11) is 0. The van der Waals surface area contributed by atoms with Crippen molar-refractivity contribution in [2.45, 2.75) is 46.0 Å². The first kappa shape index (κ1) is 9.11. The predicted molar refractivity (Wildman–Crippen MR) is 56.5 cm³/mol. The molecule has 74 valence electrons. The molecule has 13 heavy (non-hydrogen) atoms. The minimum atomic E-state index is 0.554. The minimum Gasteiger partial charge on any atom is -0.375 e. The summed E-state index contributed by atoms with van der Waals surface area (Å²) in [4.78, 5) is 2.61. The zero-order valence-electron chi connectivity index (χ0n) is 8.97. The van der Waals surface area contributed by atoms with Crippen LogP contribution in [0, 0.1) is 5.41 Å². The normalized spacial score (nSPS) is 27.5. The van der Waals surface area contributed by atoms with Crippen LogP contribution < -0.4 is 0 Å². The molecule has 1 heterocycles. The lowest BCUT2D eigenvalue weighted by Gasteiger charge is -2.26. The van der Waals surface area contributed by atoms with Gasteiger partial charge in [-0.1, -0.05) is 19.9 Å². The van der Waals surface area contributed by atoms with E-state index in [0.29, 0.717) is 5.41 Å². The topological polar surface area (TPSA) is 3.24 Å². The highest BCUT2D eigenvalue weighted by Gasteiger charge is 2.30. The Bertz CT molecular complexity index is 215. The average Bonchev–Trinajstić information content (AvgIpc) is 2.48. The van der Waals surface area contributed by atoms with E-state index in [9.17, 15) is 0 Å². The molecule has 2 rings (SSSR count). The van der Waals surface area contributed by atoms with Crippen molar-refractivity contribution in [2.75, 3.05) is 13.1 Å². The Morgan fingerprint density at radius 2 is 2.15 bits per heavy atom. The molecule has 0 aromatic heterocycles. The fourth-order valence-electron chi connectivity index (χ4n) is 2.47. The number of nitrogens with zero attached hydrogens (tertiary/aromatic N) is 1. The van der Waals surface area contributed by atoms with Crippen LogP contribution in [0.2, 0.25) is 0 Å². The third-order valence-corrected chi connectivity index (χ3v) is 3.35. The van der Waals surface area contributed by atoms with E-state index in [0.717, 1.165) is 0 Å². The smallest absolute Gasteiger partial charge is 0.0226 e. The van der Waals surface area contributed by atoms with Crippen molar-refractivity contribution in [1.82, 2.24) is 4.90 Å². The van der Waals surface area contributed by atoms with Gasteiger partial charge in [-0.2, -0.15) is 0 Å². The maximum atomic E-state index is 2.61. The highest BCUT2D eigenvalue weighted by Crippen LogP contribution is 2.33. The molecule has 1 aliphatic heterocycles. The molecule has 0 unspecified atom stereocenters. The molecule has 1 nitrogen and oxygen atoms in total. The van der Waals surface area contributed by atoms with E-state index in [1.54, 1.807) is 5.70 Å². The second-order valence-electron chi connectivity index (χ2n) is 5.28. The Morgan fingerprint density at radius 3 is 2.69 bits per heavy atom. The van der Waals surface area contributed by atoms with Gasteiger partial charge in [-0.05, 0) is 37.5 Å². The number of hydrogen-bond acceptors (Lipinski definition) is 1. The summed E-state index contributed by atoms with van der Waals surface area (Å²) in [5.41, 5.74) is 2.19. The summed E-state index contributed by atoms with van der Waals surface area (Å²) < 4.78 is 0. The van der Waals surface area contributed by atoms with E-state index >= 15 is 0 Å². The SMILES string of the molecule is CC1(C)CCN(C2=CCCCC2)C1. The summed E-state index contributed by atoms with van der Waals surface area (Å²) in [5.74, 6) is 0. The summed E-state index contributed by atoms with van der Waals surface area (Å²) in [6.45, 7) is 7.34. The number of allylic oxidation sites excluding steroid dienone is 2. The number of likely N-dealkylation sites (tertiary alicyclic amines) is 1. The van der Waals surface area contributed by atoms with Gasteiger partial charge in [0.2, 0.25) is 0 Å². The first-order chi connectivity index (χ1) is 6.17. The highest BCUT2D eigenvalue weighted by atomic mass is 15.2. The van der Waals surface area contributed by atoms with Gasteiger partial charge in [0.15, 0.2) is 0 Å². The van der Waals surface area contributed by atoms with E-state index in [-0.39, 0.29) is 0 Å². The number of rotatable bonds is 1. The third-order valence-electron chi connectivity index (χ3n) is 3.35. The van der Waals surface area contributed by atoms with Crippen LogP contribution in [0.4, 0.5) is 0 Å². The molecule has 2 aliphatic rings. The van der Waals surface area contributed by atoms with Gasteiger partial charge < -0.3 is 4.90 Å². The Kier molecular flexibility index (Phi) is 2.35. The van der Waals surface area contributed by atoms with Gasteiger partial charge in [-0.15, -0.1) is 0 Å². The maximum Gasteiger partial charge on any atom is 0.0226 e. The molecule has 0 amide bonds. The summed E-state index contributed by atoms with van der Waals surface area (Å²) >= 11 is 0. The molecule has 0 atom stereocenters. The molecule has 0 aromatic rings. The molecule has 1 fully saturated rings. The zero-order chi connectivity index (χ0) is 9.31. The number of hydrogen-bond donors (Lipinski definition) is 0. The van der Waals surface area contributed by atoms with Gasteiger partial charge in [0.25, 0.3) is 0 Å². The van der Waals surface area contributed by atoms with Gasteiger partial charge >= 0.3 is 0 Å². The molecule has 0 aromatic carbocycles. The monoisotopic (exact) mass is 179 g/mol. The van der Waals surface area contributed by atoms with Gasteiger partial charge in [0.05, 0.1) is 0 Å². The largest absolute Gasteiger partial charge is 0.375 e. The second-order valence-corrected chi connectivity index (χ2v) is 5.28. The molecule has 0 radical (unpaired) electrons. The summed E-state index contributed by atoms with van der Waals surface area (Å²) in [6, 6.07) is 0. The van der Waals surface area contributed by atoms with Crippen LogP contribution in [0.3, 0.4) is 0 Å². The first-order valence-corrected chi connectivity index (χ1v) is 5.61. The van der Waals surface area contributed by atoms with Gasteiger partial charge in [-0.3, -0.25) is 0 Å². The molecule has 1 saturated heterocycles. The molecule has 0 N–H and O–H groups in total. The van der Waals surface area contributed by atoms with Crippen LogP contribution in [-0.2, 0) is 0 Å². The molecule has 0 spiro atoms. The van der Waals surface area contributed by atoms with Crippen LogP contribution in [0.1, 0.15) is 46.0 Å². The summed E-state index contributed by atoms with van der Waals surface area (Å²) in [6.07, 6.45) is 9.28. The lowest BCUT2D eigenvalue weighted by Crippen LogP contribution is -2.23. The lowest BCUT2D eigenvalue weighted by molar-refractivity contribution is 0.328. The summed E-state index contributed by atoms with van der Waals surface area (Å²) in [5, 5.41) is 0. The lowest BCUT2D eigenvalue weighted by atomic mass is 9.93. The van der Waals surface area contributed by atoms with Crippen LogP contribution in [-0.4, -0.2) is 18.0 Å². The fraction of sp³-hybridized carbons (Fsp3) is 0.833. The van der Waals surface area contributed by atoms with Crippen molar-refractivity contribution < 1.29 is 0 Å². The van der Waals surface area contributed by atoms with E-state index < -0.39 is 0 Å². The molecule has 1 heteroatoms. The molecule has 1 aliphatic carbocycles. The van der Waals surface area contributed by atoms with Crippen LogP contribution in [0.15, 0.2) is 11.8 Å². The van der Waals surface area contributed by atoms with Crippen LogP contribution in [0.25, 0.3) is 0 Å². The van der Waals surface area contributed by atoms with E-state index in [4.69, 9.17) is 0 Å². The van der Waals surface area contributed by atoms with Gasteiger partial charge in [-0.25, -0.2) is 0 Å². The molecular weight excluding hydrogens is 158 g/mol.